The third-order valence-electron chi connectivity index (χ3n) is 6.33. The standard InChI is InChI=1S/C26H34FN3O6S/c1-17-13-18(2)20(21(27)14-17)15-23(25(31)36-26(4,5)6)28-11-12-29(19(3)16-28)37(34,35)24-10-8-7-9-22(24)30(32)33/h7-10,13-14,19,23H,11-12,15-16H2,1-6H3/t19-,23-/m0/s1. The fourth-order valence-electron chi connectivity index (χ4n) is 4.69. The molecule has 1 aliphatic rings. The highest BCUT2D eigenvalue weighted by molar-refractivity contribution is 7.89. The van der Waals surface area contributed by atoms with E-state index in [0.717, 1.165) is 17.2 Å². The van der Waals surface area contributed by atoms with Crippen LogP contribution in [-0.2, 0) is 26.0 Å². The quantitative estimate of drug-likeness (QED) is 0.299. The minimum Gasteiger partial charge on any atom is -0.459 e. The van der Waals surface area contributed by atoms with Crippen molar-refractivity contribution in [3.05, 3.63) is 69.0 Å². The van der Waals surface area contributed by atoms with Crippen molar-refractivity contribution in [2.75, 3.05) is 19.6 Å². The lowest BCUT2D eigenvalue weighted by Crippen LogP contribution is -2.59. The second-order valence-corrected chi connectivity index (χ2v) is 12.3. The van der Waals surface area contributed by atoms with Crippen LogP contribution in [0, 0.1) is 29.8 Å². The van der Waals surface area contributed by atoms with Gasteiger partial charge < -0.3 is 4.74 Å². The van der Waals surface area contributed by atoms with Crippen LogP contribution in [0.5, 0.6) is 0 Å². The number of ether oxygens (including phenoxy) is 1. The Hall–Kier alpha value is -2.89. The van der Waals surface area contributed by atoms with Gasteiger partial charge in [-0.25, -0.2) is 12.8 Å². The van der Waals surface area contributed by atoms with Gasteiger partial charge in [0, 0.05) is 38.2 Å². The van der Waals surface area contributed by atoms with Crippen molar-refractivity contribution in [1.82, 2.24) is 9.21 Å². The molecule has 0 aliphatic carbocycles. The highest BCUT2D eigenvalue weighted by Gasteiger charge is 2.41. The molecule has 2 aromatic carbocycles. The van der Waals surface area contributed by atoms with Crippen molar-refractivity contribution >= 4 is 21.7 Å². The number of rotatable bonds is 7. The molecular formula is C26H34FN3O6S. The van der Waals surface area contributed by atoms with Crippen molar-refractivity contribution in [2.45, 2.75) is 70.5 Å². The minimum atomic E-state index is -4.17. The number of piperazine rings is 1. The van der Waals surface area contributed by atoms with E-state index in [-0.39, 0.29) is 31.0 Å². The van der Waals surface area contributed by atoms with E-state index in [1.165, 1.54) is 28.6 Å². The molecule has 9 nitrogen and oxygen atoms in total. The monoisotopic (exact) mass is 535 g/mol. The summed E-state index contributed by atoms with van der Waals surface area (Å²) in [5, 5.41) is 11.4. The van der Waals surface area contributed by atoms with Crippen LogP contribution in [0.2, 0.25) is 0 Å². The fourth-order valence-corrected chi connectivity index (χ4v) is 6.46. The van der Waals surface area contributed by atoms with Crippen LogP contribution in [0.25, 0.3) is 0 Å². The smallest absolute Gasteiger partial charge is 0.324 e. The second-order valence-electron chi connectivity index (χ2n) is 10.5. The third kappa shape index (κ3) is 6.52. The maximum absolute atomic E-state index is 14.9. The Bertz CT molecular complexity index is 1270. The summed E-state index contributed by atoms with van der Waals surface area (Å²) in [7, 11) is -4.17. The van der Waals surface area contributed by atoms with E-state index in [9.17, 15) is 27.7 Å². The van der Waals surface area contributed by atoms with Crippen LogP contribution < -0.4 is 0 Å². The van der Waals surface area contributed by atoms with Gasteiger partial charge in [-0.15, -0.1) is 0 Å². The Morgan fingerprint density at radius 1 is 1.22 bits per heavy atom. The van der Waals surface area contributed by atoms with Crippen LogP contribution in [0.1, 0.15) is 44.4 Å². The van der Waals surface area contributed by atoms with Crippen molar-refractivity contribution in [1.29, 1.82) is 0 Å². The molecule has 1 aliphatic heterocycles. The molecule has 2 aromatic rings. The summed E-state index contributed by atoms with van der Waals surface area (Å²) in [5.74, 6) is -0.925. The molecule has 1 heterocycles. The van der Waals surface area contributed by atoms with Gasteiger partial charge in [-0.2, -0.15) is 4.31 Å². The molecule has 0 amide bonds. The summed E-state index contributed by atoms with van der Waals surface area (Å²) in [4.78, 5) is 25.4. The lowest BCUT2D eigenvalue weighted by Gasteiger charge is -2.42. The Morgan fingerprint density at radius 3 is 2.43 bits per heavy atom. The van der Waals surface area contributed by atoms with Gasteiger partial charge >= 0.3 is 5.97 Å². The number of sulfonamides is 1. The molecule has 2 atom stereocenters. The van der Waals surface area contributed by atoms with Gasteiger partial charge in [0.2, 0.25) is 10.0 Å². The van der Waals surface area contributed by atoms with E-state index in [2.05, 4.69) is 0 Å². The lowest BCUT2D eigenvalue weighted by molar-refractivity contribution is -0.387. The van der Waals surface area contributed by atoms with Gasteiger partial charge in [-0.3, -0.25) is 19.8 Å². The van der Waals surface area contributed by atoms with E-state index in [4.69, 9.17) is 4.74 Å². The molecule has 37 heavy (non-hydrogen) atoms. The van der Waals surface area contributed by atoms with Gasteiger partial charge in [0.15, 0.2) is 4.90 Å². The lowest BCUT2D eigenvalue weighted by atomic mass is 9.96. The number of esters is 1. The number of aryl methyl sites for hydroxylation is 2. The number of nitro groups is 1. The number of nitrogens with zero attached hydrogens (tertiary/aromatic N) is 3. The summed E-state index contributed by atoms with van der Waals surface area (Å²) < 4.78 is 48.6. The maximum atomic E-state index is 14.9. The fraction of sp³-hybridized carbons (Fsp3) is 0.500. The number of halogens is 1. The van der Waals surface area contributed by atoms with Gasteiger partial charge in [-0.05, 0) is 70.4 Å². The molecule has 1 saturated heterocycles. The van der Waals surface area contributed by atoms with E-state index < -0.39 is 50.1 Å². The Kier molecular flexibility index (Phi) is 8.40. The Balaban J connectivity index is 1.91. The van der Waals surface area contributed by atoms with Gasteiger partial charge in [0.05, 0.1) is 4.92 Å². The van der Waals surface area contributed by atoms with Gasteiger partial charge in [-0.1, -0.05) is 18.2 Å². The van der Waals surface area contributed by atoms with E-state index in [0.29, 0.717) is 5.56 Å². The zero-order chi connectivity index (χ0) is 27.7. The first kappa shape index (κ1) is 28.7. The van der Waals surface area contributed by atoms with Crippen LogP contribution >= 0.6 is 0 Å². The number of carbonyl (C=O) groups excluding carboxylic acids is 1. The molecule has 3 rings (SSSR count). The molecule has 0 N–H and O–H groups in total. The highest BCUT2D eigenvalue weighted by atomic mass is 32.2. The zero-order valence-electron chi connectivity index (χ0n) is 22.0. The average Bonchev–Trinajstić information content (AvgIpc) is 2.77. The number of nitro benzene ring substituents is 1. The van der Waals surface area contributed by atoms with Crippen LogP contribution in [0.4, 0.5) is 10.1 Å². The molecule has 0 unspecified atom stereocenters. The Morgan fingerprint density at radius 2 is 1.86 bits per heavy atom. The van der Waals surface area contributed by atoms with Crippen LogP contribution in [0.3, 0.4) is 0 Å². The summed E-state index contributed by atoms with van der Waals surface area (Å²) in [6, 6.07) is 7.07. The molecule has 0 aromatic heterocycles. The second kappa shape index (κ2) is 10.8. The van der Waals surface area contributed by atoms with Crippen molar-refractivity contribution in [3.63, 3.8) is 0 Å². The maximum Gasteiger partial charge on any atom is 0.324 e. The zero-order valence-corrected chi connectivity index (χ0v) is 22.8. The molecule has 202 valence electrons. The van der Waals surface area contributed by atoms with Crippen molar-refractivity contribution in [2.24, 2.45) is 0 Å². The first-order valence-electron chi connectivity index (χ1n) is 12.1. The number of para-hydroxylation sites is 1. The van der Waals surface area contributed by atoms with E-state index in [1.54, 1.807) is 41.5 Å². The molecule has 0 bridgehead atoms. The molecule has 0 spiro atoms. The minimum absolute atomic E-state index is 0.00418. The number of benzene rings is 2. The molecule has 0 radical (unpaired) electrons. The van der Waals surface area contributed by atoms with Crippen LogP contribution in [0.15, 0.2) is 41.3 Å². The highest BCUT2D eigenvalue weighted by Crippen LogP contribution is 2.30. The Labute approximate surface area is 217 Å². The molecule has 1 fully saturated rings. The van der Waals surface area contributed by atoms with E-state index >= 15 is 0 Å². The van der Waals surface area contributed by atoms with Gasteiger partial charge in [0.25, 0.3) is 5.69 Å². The summed E-state index contributed by atoms with van der Waals surface area (Å²) in [5.41, 5.74) is 0.643. The number of hydrogen-bond donors (Lipinski definition) is 0. The molecular weight excluding hydrogens is 501 g/mol. The summed E-state index contributed by atoms with van der Waals surface area (Å²) in [6.45, 7) is 10.9. The SMILES string of the molecule is Cc1cc(C)c(C[C@@H](C(=O)OC(C)(C)C)N2CCN(S(=O)(=O)c3ccccc3[N+](=O)[O-])[C@@H](C)C2)c(F)c1. The molecule has 0 saturated carbocycles. The predicted molar refractivity (Wildman–Crippen MR) is 137 cm³/mol. The average molecular weight is 536 g/mol. The first-order chi connectivity index (χ1) is 17.1. The molecule has 11 heteroatoms. The van der Waals surface area contributed by atoms with E-state index in [1.807, 2.05) is 11.0 Å². The van der Waals surface area contributed by atoms with Gasteiger partial charge in [0.1, 0.15) is 17.5 Å². The van der Waals surface area contributed by atoms with Crippen molar-refractivity contribution < 1.29 is 27.3 Å². The number of carbonyl (C=O) groups is 1. The topological polar surface area (TPSA) is 110 Å². The van der Waals surface area contributed by atoms with Crippen molar-refractivity contribution in [3.8, 4) is 0 Å². The normalized spacial score (nSPS) is 18.4. The summed E-state index contributed by atoms with van der Waals surface area (Å²) in [6.07, 6.45) is 0.0660. The van der Waals surface area contributed by atoms with Crippen LogP contribution in [-0.4, -0.2) is 65.8 Å². The predicted octanol–water partition coefficient (Wildman–Crippen LogP) is 4.00. The summed E-state index contributed by atoms with van der Waals surface area (Å²) >= 11 is 0. The largest absolute Gasteiger partial charge is 0.459 e. The number of hydrogen-bond acceptors (Lipinski definition) is 7. The first-order valence-corrected chi connectivity index (χ1v) is 13.5. The third-order valence-corrected chi connectivity index (χ3v) is 8.39.